The molecule has 2 heterocycles. The van der Waals surface area contributed by atoms with E-state index >= 15 is 0 Å². The molecule has 2 aliphatic rings. The zero-order valence-electron chi connectivity index (χ0n) is 17.3. The summed E-state index contributed by atoms with van der Waals surface area (Å²) in [6, 6.07) is 15.3. The molecule has 1 saturated heterocycles. The minimum atomic E-state index is -0.876. The number of carbonyl (C=O) groups excluding carboxylic acids is 1. The Kier molecular flexibility index (Phi) is 5.59. The number of piperidine rings is 1. The van der Waals surface area contributed by atoms with E-state index in [1.54, 1.807) is 12.1 Å². The number of pyridine rings is 1. The van der Waals surface area contributed by atoms with Gasteiger partial charge in [-0.05, 0) is 44.7 Å². The van der Waals surface area contributed by atoms with Crippen LogP contribution in [0.1, 0.15) is 62.0 Å². The monoisotopic (exact) mass is 394 g/mol. The molecule has 1 aliphatic heterocycles. The van der Waals surface area contributed by atoms with Crippen molar-refractivity contribution in [1.82, 2.24) is 9.88 Å². The van der Waals surface area contributed by atoms with Crippen LogP contribution in [-0.2, 0) is 5.60 Å². The van der Waals surface area contributed by atoms with E-state index in [9.17, 15) is 9.90 Å². The third kappa shape index (κ3) is 3.88. The zero-order valence-corrected chi connectivity index (χ0v) is 17.3. The molecule has 1 saturated carbocycles. The molecule has 1 N–H and O–H groups in total. The molecule has 4 rings (SSSR count). The third-order valence-corrected chi connectivity index (χ3v) is 6.31. The Morgan fingerprint density at radius 1 is 1.14 bits per heavy atom. The minimum Gasteiger partial charge on any atom is -0.475 e. The summed E-state index contributed by atoms with van der Waals surface area (Å²) in [5, 5.41) is 11.7. The topological polar surface area (TPSA) is 62.7 Å². The van der Waals surface area contributed by atoms with E-state index in [2.05, 4.69) is 4.98 Å². The van der Waals surface area contributed by atoms with Crippen LogP contribution in [0.15, 0.2) is 48.5 Å². The summed E-state index contributed by atoms with van der Waals surface area (Å²) < 4.78 is 5.67. The quantitative estimate of drug-likeness (QED) is 0.846. The number of benzene rings is 1. The number of aliphatic hydroxyl groups is 1. The van der Waals surface area contributed by atoms with Crippen molar-refractivity contribution < 1.29 is 14.6 Å². The van der Waals surface area contributed by atoms with E-state index in [0.29, 0.717) is 24.5 Å². The number of carbonyl (C=O) groups is 1. The van der Waals surface area contributed by atoms with E-state index in [1.807, 2.05) is 55.1 Å². The molecule has 154 valence electrons. The second-order valence-electron chi connectivity index (χ2n) is 8.52. The first-order valence-electron chi connectivity index (χ1n) is 10.7. The van der Waals surface area contributed by atoms with Crippen LogP contribution in [0.4, 0.5) is 0 Å². The molecular formula is C24H30N2O3. The van der Waals surface area contributed by atoms with Crippen LogP contribution in [0.3, 0.4) is 0 Å². The Bertz CT molecular complexity index is 854. The summed E-state index contributed by atoms with van der Waals surface area (Å²) in [5.74, 6) is 0.460. The molecule has 5 nitrogen and oxygen atoms in total. The molecule has 1 aliphatic carbocycles. The van der Waals surface area contributed by atoms with E-state index < -0.39 is 5.60 Å². The number of fused-ring (bicyclic) bond motifs is 1. The Hall–Kier alpha value is -2.40. The van der Waals surface area contributed by atoms with E-state index in [4.69, 9.17) is 4.74 Å². The van der Waals surface area contributed by atoms with E-state index in [-0.39, 0.29) is 24.0 Å². The fraction of sp³-hybridized carbons (Fsp3) is 0.500. The van der Waals surface area contributed by atoms with Crippen LogP contribution in [0, 0.1) is 5.92 Å². The molecule has 0 radical (unpaired) electrons. The summed E-state index contributed by atoms with van der Waals surface area (Å²) in [5.41, 5.74) is 0.506. The standard InChI is InChI=1S/C24H30N2O3/c1-17(2)29-22-14-8-12-20(25-22)23(27)26-16-15-24(28,18-9-4-3-5-10-18)19-11-6-7-13-21(19)26/h3-5,8-10,12,14,17,19,21,28H,6-7,11,13,15-16H2,1-2H3/t19-,21+,24-/m0/s1. The molecule has 29 heavy (non-hydrogen) atoms. The lowest BCUT2D eigenvalue weighted by molar-refractivity contribution is -0.110. The highest BCUT2D eigenvalue weighted by atomic mass is 16.5. The van der Waals surface area contributed by atoms with Crippen molar-refractivity contribution in [3.8, 4) is 5.88 Å². The van der Waals surface area contributed by atoms with Gasteiger partial charge < -0.3 is 14.7 Å². The Morgan fingerprint density at radius 2 is 1.90 bits per heavy atom. The molecule has 5 heteroatoms. The van der Waals surface area contributed by atoms with Gasteiger partial charge in [0.25, 0.3) is 5.91 Å². The Morgan fingerprint density at radius 3 is 2.66 bits per heavy atom. The first-order valence-corrected chi connectivity index (χ1v) is 10.7. The average molecular weight is 395 g/mol. The maximum absolute atomic E-state index is 13.4. The minimum absolute atomic E-state index is 0.00596. The molecule has 1 aromatic carbocycles. The van der Waals surface area contributed by atoms with Crippen LogP contribution >= 0.6 is 0 Å². The number of nitrogens with zero attached hydrogens (tertiary/aromatic N) is 2. The van der Waals surface area contributed by atoms with Crippen LogP contribution in [0.2, 0.25) is 0 Å². The second kappa shape index (κ2) is 8.15. The van der Waals surface area contributed by atoms with Gasteiger partial charge in [-0.3, -0.25) is 4.79 Å². The number of likely N-dealkylation sites (tertiary alicyclic amines) is 1. The van der Waals surface area contributed by atoms with Gasteiger partial charge in [0.05, 0.1) is 11.7 Å². The van der Waals surface area contributed by atoms with Crippen molar-refractivity contribution in [1.29, 1.82) is 0 Å². The summed E-state index contributed by atoms with van der Waals surface area (Å²) in [6.45, 7) is 4.41. The van der Waals surface area contributed by atoms with E-state index in [0.717, 1.165) is 31.2 Å². The largest absolute Gasteiger partial charge is 0.475 e. The second-order valence-corrected chi connectivity index (χ2v) is 8.52. The van der Waals surface area contributed by atoms with Gasteiger partial charge in [0.15, 0.2) is 0 Å². The molecular weight excluding hydrogens is 364 g/mol. The summed E-state index contributed by atoms with van der Waals surface area (Å²) >= 11 is 0. The van der Waals surface area contributed by atoms with Gasteiger partial charge in [-0.25, -0.2) is 4.98 Å². The fourth-order valence-electron chi connectivity index (χ4n) is 5.01. The van der Waals surface area contributed by atoms with Gasteiger partial charge in [0, 0.05) is 24.6 Å². The Balaban J connectivity index is 1.61. The highest BCUT2D eigenvalue weighted by Gasteiger charge is 2.50. The van der Waals surface area contributed by atoms with Crippen LogP contribution in [-0.4, -0.2) is 39.6 Å². The summed E-state index contributed by atoms with van der Waals surface area (Å²) in [4.78, 5) is 19.8. The number of ether oxygens (including phenoxy) is 1. The summed E-state index contributed by atoms with van der Waals surface area (Å²) in [7, 11) is 0. The van der Waals surface area contributed by atoms with Crippen molar-refractivity contribution >= 4 is 5.91 Å². The predicted octanol–water partition coefficient (Wildman–Crippen LogP) is 4.16. The van der Waals surface area contributed by atoms with Crippen molar-refractivity contribution in [2.45, 2.75) is 63.7 Å². The van der Waals surface area contributed by atoms with Gasteiger partial charge in [-0.2, -0.15) is 0 Å². The van der Waals surface area contributed by atoms with Crippen molar-refractivity contribution in [3.05, 3.63) is 59.8 Å². The smallest absolute Gasteiger partial charge is 0.272 e. The highest BCUT2D eigenvalue weighted by Crippen LogP contribution is 2.47. The lowest BCUT2D eigenvalue weighted by atomic mass is 9.66. The van der Waals surface area contributed by atoms with Gasteiger partial charge in [-0.15, -0.1) is 0 Å². The maximum Gasteiger partial charge on any atom is 0.272 e. The normalized spacial score (nSPS) is 26.8. The number of amides is 1. The molecule has 1 aromatic heterocycles. The first-order chi connectivity index (χ1) is 14.0. The zero-order chi connectivity index (χ0) is 20.4. The van der Waals surface area contributed by atoms with E-state index in [1.165, 1.54) is 0 Å². The number of aromatic nitrogens is 1. The van der Waals surface area contributed by atoms with Crippen molar-refractivity contribution in [2.75, 3.05) is 6.54 Å². The maximum atomic E-state index is 13.4. The Labute approximate surface area is 172 Å². The van der Waals surface area contributed by atoms with Crippen molar-refractivity contribution in [3.63, 3.8) is 0 Å². The lowest BCUT2D eigenvalue weighted by Gasteiger charge is -2.52. The first kappa shape index (κ1) is 19.9. The lowest BCUT2D eigenvalue weighted by Crippen LogP contribution is -2.59. The van der Waals surface area contributed by atoms with Gasteiger partial charge >= 0.3 is 0 Å². The third-order valence-electron chi connectivity index (χ3n) is 6.31. The van der Waals surface area contributed by atoms with Gasteiger partial charge in [0.2, 0.25) is 5.88 Å². The number of hydrogen-bond acceptors (Lipinski definition) is 4. The molecule has 3 atom stereocenters. The average Bonchev–Trinajstić information content (AvgIpc) is 2.74. The molecule has 0 spiro atoms. The van der Waals surface area contributed by atoms with Crippen LogP contribution < -0.4 is 4.74 Å². The molecule has 0 bridgehead atoms. The molecule has 2 fully saturated rings. The van der Waals surface area contributed by atoms with Crippen LogP contribution in [0.5, 0.6) is 5.88 Å². The SMILES string of the molecule is CC(C)Oc1cccc(C(=O)N2CC[C@](O)(c3ccccc3)[C@H]3CCCC[C@H]32)n1. The fourth-order valence-corrected chi connectivity index (χ4v) is 5.01. The number of hydrogen-bond donors (Lipinski definition) is 1. The van der Waals surface area contributed by atoms with Crippen molar-refractivity contribution in [2.24, 2.45) is 5.92 Å². The molecule has 1 amide bonds. The molecule has 0 unspecified atom stereocenters. The summed E-state index contributed by atoms with van der Waals surface area (Å²) in [6.07, 6.45) is 4.59. The van der Waals surface area contributed by atoms with Gasteiger partial charge in [-0.1, -0.05) is 49.2 Å². The number of rotatable bonds is 4. The highest BCUT2D eigenvalue weighted by molar-refractivity contribution is 5.92. The van der Waals surface area contributed by atoms with Gasteiger partial charge in [0.1, 0.15) is 5.69 Å². The molecule has 2 aromatic rings. The predicted molar refractivity (Wildman–Crippen MR) is 112 cm³/mol. The van der Waals surface area contributed by atoms with Crippen LogP contribution in [0.25, 0.3) is 0 Å².